The smallest absolute Gasteiger partial charge is 0.278 e. The summed E-state index contributed by atoms with van der Waals surface area (Å²) in [4.78, 5) is 31.2. The number of carbonyl (C=O) groups excluding carboxylic acids is 2. The molecule has 1 atom stereocenters. The van der Waals surface area contributed by atoms with Crippen LogP contribution in [0.15, 0.2) is 24.3 Å². The molecular formula is C22H39N5O2+2. The molecule has 0 saturated carbocycles. The van der Waals surface area contributed by atoms with Crippen LogP contribution in [0, 0.1) is 0 Å². The van der Waals surface area contributed by atoms with Gasteiger partial charge in [0.2, 0.25) is 0 Å². The molecule has 1 aliphatic heterocycles. The molecular weight excluding hydrogens is 366 g/mol. The van der Waals surface area contributed by atoms with Crippen LogP contribution in [0.1, 0.15) is 26.3 Å². The summed E-state index contributed by atoms with van der Waals surface area (Å²) in [6.07, 6.45) is 0. The zero-order valence-corrected chi connectivity index (χ0v) is 19.0. The van der Waals surface area contributed by atoms with Gasteiger partial charge >= 0.3 is 0 Å². The quantitative estimate of drug-likeness (QED) is 0.513. The second kappa shape index (κ2) is 10.1. The molecule has 7 heteroatoms. The van der Waals surface area contributed by atoms with Crippen molar-refractivity contribution in [2.24, 2.45) is 0 Å². The van der Waals surface area contributed by atoms with E-state index in [-0.39, 0.29) is 17.4 Å². The Kier molecular flexibility index (Phi) is 8.05. The fourth-order valence-electron chi connectivity index (χ4n) is 3.63. The van der Waals surface area contributed by atoms with Crippen molar-refractivity contribution >= 4 is 17.5 Å². The number of amides is 2. The Hall–Kier alpha value is -2.12. The average Bonchev–Trinajstić information content (AvgIpc) is 2.61. The van der Waals surface area contributed by atoms with Gasteiger partial charge in [-0.2, -0.15) is 0 Å². The van der Waals surface area contributed by atoms with E-state index in [4.69, 9.17) is 0 Å². The maximum absolute atomic E-state index is 12.7. The van der Waals surface area contributed by atoms with E-state index in [0.717, 1.165) is 32.7 Å². The Morgan fingerprint density at radius 3 is 2.24 bits per heavy atom. The molecule has 1 heterocycles. The maximum Gasteiger partial charge on any atom is 0.278 e. The van der Waals surface area contributed by atoms with Crippen molar-refractivity contribution in [1.82, 2.24) is 10.2 Å². The lowest BCUT2D eigenvalue weighted by Gasteiger charge is -2.32. The Labute approximate surface area is 175 Å². The second-order valence-electron chi connectivity index (χ2n) is 9.48. The van der Waals surface area contributed by atoms with Crippen LogP contribution in [0.5, 0.6) is 0 Å². The summed E-state index contributed by atoms with van der Waals surface area (Å²) in [6, 6.07) is 8.49. The van der Waals surface area contributed by atoms with E-state index < -0.39 is 0 Å². The zero-order chi connectivity index (χ0) is 21.6. The van der Waals surface area contributed by atoms with Crippen molar-refractivity contribution in [3.05, 3.63) is 29.8 Å². The minimum atomic E-state index is -0.200. The van der Waals surface area contributed by atoms with Gasteiger partial charge in [0, 0.05) is 30.9 Å². The first-order chi connectivity index (χ1) is 13.5. The number of likely N-dealkylation sites (N-methyl/N-ethyl adjacent to an activating group) is 1. The van der Waals surface area contributed by atoms with Crippen molar-refractivity contribution < 1.29 is 19.4 Å². The van der Waals surface area contributed by atoms with Gasteiger partial charge in [0.1, 0.15) is 6.54 Å². The van der Waals surface area contributed by atoms with Gasteiger partial charge < -0.3 is 24.9 Å². The maximum atomic E-state index is 12.7. The number of nitrogens with one attached hydrogen (secondary N) is 3. The van der Waals surface area contributed by atoms with Gasteiger partial charge in [0.15, 0.2) is 13.1 Å². The van der Waals surface area contributed by atoms with Gasteiger partial charge in [-0.05, 0) is 32.9 Å². The van der Waals surface area contributed by atoms with E-state index in [2.05, 4.69) is 41.5 Å². The standard InChI is InChI=1S/C22H37N5O2/c1-22(2,3)23-20(28)16-26-11-13-27(14-12-26)21(29)17-25(6)15-18-7-9-19(10-8-18)24(4)5/h7-10H,11-17H2,1-6H3,(H,23,28)/p+2. The molecule has 0 aliphatic carbocycles. The molecule has 1 fully saturated rings. The predicted octanol–water partition coefficient (Wildman–Crippen LogP) is -1.59. The van der Waals surface area contributed by atoms with Gasteiger partial charge in [0.05, 0.1) is 33.2 Å². The van der Waals surface area contributed by atoms with E-state index >= 15 is 0 Å². The topological polar surface area (TPSA) is 61.5 Å². The van der Waals surface area contributed by atoms with Gasteiger partial charge in [-0.25, -0.2) is 0 Å². The highest BCUT2D eigenvalue weighted by molar-refractivity contribution is 5.78. The first-order valence-corrected chi connectivity index (χ1v) is 10.5. The molecule has 1 aromatic rings. The van der Waals surface area contributed by atoms with Crippen LogP contribution >= 0.6 is 0 Å². The van der Waals surface area contributed by atoms with E-state index in [0.29, 0.717) is 13.1 Å². The first-order valence-electron chi connectivity index (χ1n) is 10.5. The molecule has 3 N–H and O–H groups in total. The van der Waals surface area contributed by atoms with Crippen LogP contribution in [0.2, 0.25) is 0 Å². The second-order valence-corrected chi connectivity index (χ2v) is 9.48. The summed E-state index contributed by atoms with van der Waals surface area (Å²) in [5, 5.41) is 3.01. The number of carbonyl (C=O) groups is 2. The highest BCUT2D eigenvalue weighted by Crippen LogP contribution is 2.11. The molecule has 0 aromatic heterocycles. The molecule has 162 valence electrons. The third kappa shape index (κ3) is 8.03. The summed E-state index contributed by atoms with van der Waals surface area (Å²) in [5.41, 5.74) is 2.22. The van der Waals surface area contributed by atoms with Crippen LogP contribution in [0.4, 0.5) is 5.69 Å². The summed E-state index contributed by atoms with van der Waals surface area (Å²) in [6.45, 7) is 10.9. The number of nitrogens with zero attached hydrogens (tertiary/aromatic N) is 2. The Bertz CT molecular complexity index is 673. The summed E-state index contributed by atoms with van der Waals surface area (Å²) in [7, 11) is 6.13. The number of piperazine rings is 1. The lowest BCUT2D eigenvalue weighted by molar-refractivity contribution is -0.897. The Balaban J connectivity index is 1.74. The van der Waals surface area contributed by atoms with Crippen molar-refractivity contribution in [3.63, 3.8) is 0 Å². The van der Waals surface area contributed by atoms with Gasteiger partial charge in [-0.1, -0.05) is 12.1 Å². The van der Waals surface area contributed by atoms with Crippen LogP contribution in [-0.4, -0.2) is 82.7 Å². The number of anilines is 1. The molecule has 0 spiro atoms. The highest BCUT2D eigenvalue weighted by atomic mass is 16.2. The lowest BCUT2D eigenvalue weighted by Crippen LogP contribution is -3.16. The molecule has 1 unspecified atom stereocenters. The highest BCUT2D eigenvalue weighted by Gasteiger charge is 2.27. The number of rotatable bonds is 7. The van der Waals surface area contributed by atoms with Crippen LogP contribution in [0.3, 0.4) is 0 Å². The van der Waals surface area contributed by atoms with Gasteiger partial charge in [-0.15, -0.1) is 0 Å². The van der Waals surface area contributed by atoms with Crippen LogP contribution in [0.25, 0.3) is 0 Å². The zero-order valence-electron chi connectivity index (χ0n) is 19.0. The largest absolute Gasteiger partial charge is 0.378 e. The fraction of sp³-hybridized carbons (Fsp3) is 0.636. The molecule has 2 amide bonds. The van der Waals surface area contributed by atoms with Crippen molar-refractivity contribution in [1.29, 1.82) is 0 Å². The number of benzene rings is 1. The third-order valence-electron chi connectivity index (χ3n) is 5.16. The predicted molar refractivity (Wildman–Crippen MR) is 116 cm³/mol. The van der Waals surface area contributed by atoms with Crippen molar-refractivity contribution in [3.8, 4) is 0 Å². The molecule has 1 aliphatic rings. The van der Waals surface area contributed by atoms with Gasteiger partial charge in [-0.3, -0.25) is 9.59 Å². The lowest BCUT2D eigenvalue weighted by atomic mass is 10.1. The Morgan fingerprint density at radius 2 is 1.72 bits per heavy atom. The monoisotopic (exact) mass is 405 g/mol. The minimum absolute atomic E-state index is 0.0803. The SMILES string of the molecule is CN(C)c1ccc(C[NH+](C)CC(=O)N2CC[NH+](CC(=O)NC(C)(C)C)CC2)cc1. The minimum Gasteiger partial charge on any atom is -0.378 e. The molecule has 0 radical (unpaired) electrons. The van der Waals surface area contributed by atoms with Crippen molar-refractivity contribution in [2.75, 3.05) is 65.3 Å². The summed E-state index contributed by atoms with van der Waals surface area (Å²) < 4.78 is 0. The number of hydrogen-bond acceptors (Lipinski definition) is 3. The van der Waals surface area contributed by atoms with Crippen LogP contribution < -0.4 is 20.0 Å². The molecule has 2 rings (SSSR count). The number of quaternary nitrogens is 2. The molecule has 0 bridgehead atoms. The summed E-state index contributed by atoms with van der Waals surface area (Å²) in [5.74, 6) is 0.280. The summed E-state index contributed by atoms with van der Waals surface area (Å²) >= 11 is 0. The number of hydrogen-bond donors (Lipinski definition) is 3. The van der Waals surface area contributed by atoms with E-state index in [1.165, 1.54) is 21.1 Å². The van der Waals surface area contributed by atoms with E-state index in [1.54, 1.807) is 0 Å². The normalized spacial score (nSPS) is 16.4. The third-order valence-corrected chi connectivity index (χ3v) is 5.16. The van der Waals surface area contributed by atoms with Gasteiger partial charge in [0.25, 0.3) is 11.8 Å². The molecule has 29 heavy (non-hydrogen) atoms. The van der Waals surface area contributed by atoms with E-state index in [9.17, 15) is 9.59 Å². The van der Waals surface area contributed by atoms with Crippen molar-refractivity contribution in [2.45, 2.75) is 32.9 Å². The molecule has 1 aromatic carbocycles. The van der Waals surface area contributed by atoms with E-state index in [1.807, 2.05) is 39.8 Å². The van der Waals surface area contributed by atoms with Crippen LogP contribution in [-0.2, 0) is 16.1 Å². The Morgan fingerprint density at radius 1 is 1.14 bits per heavy atom. The first kappa shape index (κ1) is 23.2. The fourth-order valence-corrected chi connectivity index (χ4v) is 3.63. The average molecular weight is 406 g/mol. The molecule has 1 saturated heterocycles. The molecule has 7 nitrogen and oxygen atoms in total.